The lowest BCUT2D eigenvalue weighted by Crippen LogP contribution is -2.36. The Morgan fingerprint density at radius 3 is 2.62 bits per heavy atom. The first-order chi connectivity index (χ1) is 9.99. The number of hydrogen-bond donors (Lipinski definition) is 2. The Hall–Kier alpha value is -1.80. The Morgan fingerprint density at radius 1 is 1.29 bits per heavy atom. The van der Waals surface area contributed by atoms with E-state index in [9.17, 15) is 8.42 Å². The molecule has 0 bridgehead atoms. The third kappa shape index (κ3) is 4.61. The van der Waals surface area contributed by atoms with Gasteiger partial charge in [0, 0.05) is 18.2 Å². The van der Waals surface area contributed by atoms with Crippen molar-refractivity contribution in [2.24, 2.45) is 4.99 Å². The minimum Gasteiger partial charge on any atom is -0.467 e. The Labute approximate surface area is 127 Å². The predicted octanol–water partition coefficient (Wildman–Crippen LogP) is 1.61. The van der Waals surface area contributed by atoms with Gasteiger partial charge >= 0.3 is 0 Å². The quantitative estimate of drug-likeness (QED) is 0.644. The van der Waals surface area contributed by atoms with Crippen molar-refractivity contribution in [3.05, 3.63) is 41.2 Å². The smallest absolute Gasteiger partial charge is 0.191 e. The molecule has 2 heterocycles. The van der Waals surface area contributed by atoms with E-state index in [-0.39, 0.29) is 0 Å². The maximum Gasteiger partial charge on any atom is 0.191 e. The zero-order valence-corrected chi connectivity index (χ0v) is 13.4. The zero-order chi connectivity index (χ0) is 15.3. The van der Waals surface area contributed by atoms with Crippen LogP contribution in [0.1, 0.15) is 10.6 Å². The maximum atomic E-state index is 11.4. The maximum absolute atomic E-state index is 11.4. The Bertz CT molecular complexity index is 703. The molecule has 0 aliphatic rings. The third-order valence-corrected chi connectivity index (χ3v) is 5.57. The van der Waals surface area contributed by atoms with Crippen LogP contribution in [0.4, 0.5) is 0 Å². The molecule has 2 N–H and O–H groups in total. The van der Waals surface area contributed by atoms with Crippen molar-refractivity contribution in [1.82, 2.24) is 10.6 Å². The topological polar surface area (TPSA) is 83.7 Å². The van der Waals surface area contributed by atoms with E-state index < -0.39 is 9.84 Å². The van der Waals surface area contributed by atoms with Crippen LogP contribution in [0.15, 0.2) is 44.1 Å². The number of thiophene rings is 1. The van der Waals surface area contributed by atoms with Gasteiger partial charge in [0.15, 0.2) is 15.8 Å². The van der Waals surface area contributed by atoms with Crippen LogP contribution in [-0.4, -0.2) is 27.7 Å². The average Bonchev–Trinajstić information content (AvgIpc) is 3.09. The molecular formula is C13H17N3O3S2. The minimum absolute atomic E-state index is 0.373. The summed E-state index contributed by atoms with van der Waals surface area (Å²) in [6.07, 6.45) is 2.82. The summed E-state index contributed by atoms with van der Waals surface area (Å²) in [4.78, 5) is 5.02. The summed E-state index contributed by atoms with van der Waals surface area (Å²) in [5.74, 6) is 1.44. The molecule has 0 saturated carbocycles. The van der Waals surface area contributed by atoms with Crippen molar-refractivity contribution < 1.29 is 12.8 Å². The van der Waals surface area contributed by atoms with Crippen LogP contribution in [0.5, 0.6) is 0 Å². The number of rotatable bonds is 5. The zero-order valence-electron chi connectivity index (χ0n) is 11.8. The molecule has 0 saturated heterocycles. The van der Waals surface area contributed by atoms with Gasteiger partial charge < -0.3 is 15.1 Å². The summed E-state index contributed by atoms with van der Waals surface area (Å²) in [6, 6.07) is 7.12. The highest BCUT2D eigenvalue weighted by molar-refractivity contribution is 7.92. The SMILES string of the molecule is CN=C(NCc1ccco1)NCc1ccc(S(C)(=O)=O)s1. The number of sulfone groups is 1. The second kappa shape index (κ2) is 6.77. The summed E-state index contributed by atoms with van der Waals surface area (Å²) in [5, 5.41) is 6.24. The van der Waals surface area contributed by atoms with E-state index in [4.69, 9.17) is 4.42 Å². The van der Waals surface area contributed by atoms with Crippen LogP contribution >= 0.6 is 11.3 Å². The van der Waals surface area contributed by atoms with Crippen LogP contribution < -0.4 is 10.6 Å². The molecule has 0 spiro atoms. The Kier molecular flexibility index (Phi) is 5.03. The Balaban J connectivity index is 1.87. The van der Waals surface area contributed by atoms with Gasteiger partial charge in [0.25, 0.3) is 0 Å². The molecule has 8 heteroatoms. The van der Waals surface area contributed by atoms with Gasteiger partial charge in [-0.05, 0) is 24.3 Å². The van der Waals surface area contributed by atoms with Crippen molar-refractivity contribution in [1.29, 1.82) is 0 Å². The molecule has 2 aromatic heterocycles. The third-order valence-electron chi connectivity index (χ3n) is 2.67. The highest BCUT2D eigenvalue weighted by Crippen LogP contribution is 2.21. The molecule has 0 aromatic carbocycles. The first-order valence-corrected chi connectivity index (χ1v) is 8.95. The number of guanidine groups is 1. The fourth-order valence-corrected chi connectivity index (χ4v) is 3.54. The summed E-state index contributed by atoms with van der Waals surface area (Å²) in [5.41, 5.74) is 0. The molecule has 0 radical (unpaired) electrons. The molecule has 114 valence electrons. The molecule has 21 heavy (non-hydrogen) atoms. The molecule has 6 nitrogen and oxygen atoms in total. The molecule has 0 aliphatic heterocycles. The number of nitrogens with one attached hydrogen (secondary N) is 2. The van der Waals surface area contributed by atoms with Crippen LogP contribution in [0.25, 0.3) is 0 Å². The van der Waals surface area contributed by atoms with E-state index >= 15 is 0 Å². The van der Waals surface area contributed by atoms with Gasteiger partial charge in [-0.3, -0.25) is 4.99 Å². The van der Waals surface area contributed by atoms with Crippen molar-refractivity contribution in [2.45, 2.75) is 17.3 Å². The molecule has 0 unspecified atom stereocenters. The lowest BCUT2D eigenvalue weighted by atomic mass is 10.4. The summed E-state index contributed by atoms with van der Waals surface area (Å²) < 4.78 is 28.4. The molecule has 0 atom stereocenters. The largest absolute Gasteiger partial charge is 0.467 e. The summed E-state index contributed by atoms with van der Waals surface area (Å²) >= 11 is 1.26. The van der Waals surface area contributed by atoms with E-state index in [1.807, 2.05) is 12.1 Å². The summed E-state index contributed by atoms with van der Waals surface area (Å²) in [7, 11) is -1.46. The second-order valence-corrected chi connectivity index (χ2v) is 7.76. The van der Waals surface area contributed by atoms with Crippen molar-refractivity contribution in [2.75, 3.05) is 13.3 Å². The number of aliphatic imine (C=N–C) groups is 1. The summed E-state index contributed by atoms with van der Waals surface area (Å²) in [6.45, 7) is 1.05. The number of hydrogen-bond acceptors (Lipinski definition) is 5. The van der Waals surface area contributed by atoms with E-state index in [1.54, 1.807) is 25.4 Å². The van der Waals surface area contributed by atoms with E-state index in [2.05, 4.69) is 15.6 Å². The van der Waals surface area contributed by atoms with Crippen LogP contribution in [-0.2, 0) is 22.9 Å². The molecule has 0 amide bonds. The first kappa shape index (κ1) is 15.6. The van der Waals surface area contributed by atoms with Gasteiger partial charge in [-0.2, -0.15) is 0 Å². The second-order valence-electron chi connectivity index (χ2n) is 4.35. The van der Waals surface area contributed by atoms with Gasteiger partial charge in [0.05, 0.1) is 19.4 Å². The van der Waals surface area contributed by atoms with Crippen molar-refractivity contribution in [3.63, 3.8) is 0 Å². The van der Waals surface area contributed by atoms with Crippen molar-refractivity contribution >= 4 is 27.1 Å². The van der Waals surface area contributed by atoms with E-state index in [1.165, 1.54) is 17.6 Å². The standard InChI is InChI=1S/C13H17N3O3S2/c1-14-13(15-8-10-4-3-7-19-10)16-9-11-5-6-12(20-11)21(2,17)18/h3-7H,8-9H2,1-2H3,(H2,14,15,16). The lowest BCUT2D eigenvalue weighted by molar-refractivity contribution is 0.501. The molecular weight excluding hydrogens is 310 g/mol. The molecule has 2 rings (SSSR count). The predicted molar refractivity (Wildman–Crippen MR) is 83.2 cm³/mol. The van der Waals surface area contributed by atoms with Gasteiger partial charge in [0.2, 0.25) is 0 Å². The normalized spacial score (nSPS) is 12.4. The average molecular weight is 327 g/mol. The van der Waals surface area contributed by atoms with Crippen molar-refractivity contribution in [3.8, 4) is 0 Å². The first-order valence-electron chi connectivity index (χ1n) is 6.24. The monoisotopic (exact) mass is 327 g/mol. The number of nitrogens with zero attached hydrogens (tertiary/aromatic N) is 1. The van der Waals surface area contributed by atoms with Crippen LogP contribution in [0.2, 0.25) is 0 Å². The van der Waals surface area contributed by atoms with E-state index in [0.717, 1.165) is 10.6 Å². The number of furan rings is 1. The Morgan fingerprint density at radius 2 is 2.05 bits per heavy atom. The van der Waals surface area contributed by atoms with Gasteiger partial charge in [-0.15, -0.1) is 11.3 Å². The molecule has 2 aromatic rings. The molecule has 0 aliphatic carbocycles. The minimum atomic E-state index is -3.13. The van der Waals surface area contributed by atoms with Crippen LogP contribution in [0, 0.1) is 0 Å². The fourth-order valence-electron chi connectivity index (χ4n) is 1.63. The highest BCUT2D eigenvalue weighted by atomic mass is 32.2. The van der Waals surface area contributed by atoms with Gasteiger partial charge in [-0.1, -0.05) is 0 Å². The van der Waals surface area contributed by atoms with Gasteiger partial charge in [0.1, 0.15) is 9.97 Å². The van der Waals surface area contributed by atoms with Crippen LogP contribution in [0.3, 0.4) is 0 Å². The molecule has 0 fully saturated rings. The lowest BCUT2D eigenvalue weighted by Gasteiger charge is -2.09. The van der Waals surface area contributed by atoms with Gasteiger partial charge in [-0.25, -0.2) is 8.42 Å². The fraction of sp³-hybridized carbons (Fsp3) is 0.308. The highest BCUT2D eigenvalue weighted by Gasteiger charge is 2.10. The van der Waals surface area contributed by atoms with E-state index in [0.29, 0.717) is 23.3 Å².